The van der Waals surface area contributed by atoms with Gasteiger partial charge in [0.1, 0.15) is 0 Å². The number of ether oxygens (including phenoxy) is 1. The summed E-state index contributed by atoms with van der Waals surface area (Å²) in [5.74, 6) is 0.568. The summed E-state index contributed by atoms with van der Waals surface area (Å²) in [6.07, 6.45) is 0.279. The topological polar surface area (TPSA) is 33.3 Å². The summed E-state index contributed by atoms with van der Waals surface area (Å²) in [7, 11) is 0. The van der Waals surface area contributed by atoms with Gasteiger partial charge in [-0.05, 0) is 30.0 Å². The minimum Gasteiger partial charge on any atom is -0.382 e. The molecule has 2 N–H and O–H groups in total. The number of anilines is 1. The Morgan fingerprint density at radius 3 is 2.94 bits per heavy atom. The van der Waals surface area contributed by atoms with E-state index < -0.39 is 0 Å². The third-order valence-corrected chi connectivity index (χ3v) is 3.45. The lowest BCUT2D eigenvalue weighted by molar-refractivity contribution is 0.0372. The first-order valence-electron chi connectivity index (χ1n) is 6.83. The van der Waals surface area contributed by atoms with Gasteiger partial charge in [0, 0.05) is 25.3 Å². The summed E-state index contributed by atoms with van der Waals surface area (Å²) in [5.41, 5.74) is 3.91. The Bertz CT molecular complexity index is 384. The van der Waals surface area contributed by atoms with Crippen LogP contribution in [0.5, 0.6) is 0 Å². The molecule has 2 rings (SSSR count). The summed E-state index contributed by atoms with van der Waals surface area (Å²) >= 11 is 0. The first kappa shape index (κ1) is 13.4. The molecule has 1 aliphatic rings. The van der Waals surface area contributed by atoms with Crippen LogP contribution in [0, 0.1) is 6.92 Å². The smallest absolute Gasteiger partial charge is 0.0872 e. The zero-order chi connectivity index (χ0) is 13.0. The highest BCUT2D eigenvalue weighted by atomic mass is 16.5. The van der Waals surface area contributed by atoms with Crippen molar-refractivity contribution < 1.29 is 4.74 Å². The van der Waals surface area contributed by atoms with Crippen LogP contribution in [0.15, 0.2) is 18.2 Å². The molecule has 1 unspecified atom stereocenters. The molecule has 3 heteroatoms. The maximum absolute atomic E-state index is 5.69. The van der Waals surface area contributed by atoms with Crippen molar-refractivity contribution in [3.8, 4) is 0 Å². The molecule has 1 aromatic rings. The van der Waals surface area contributed by atoms with Crippen LogP contribution in [0.3, 0.4) is 0 Å². The lowest BCUT2D eigenvalue weighted by Crippen LogP contribution is -2.42. The molecule has 1 aliphatic heterocycles. The van der Waals surface area contributed by atoms with E-state index >= 15 is 0 Å². The van der Waals surface area contributed by atoms with Crippen LogP contribution in [0.1, 0.15) is 30.9 Å². The van der Waals surface area contributed by atoms with Crippen molar-refractivity contribution >= 4 is 5.69 Å². The van der Waals surface area contributed by atoms with Gasteiger partial charge < -0.3 is 15.4 Å². The van der Waals surface area contributed by atoms with Crippen LogP contribution in [0.4, 0.5) is 5.69 Å². The number of hydrogen-bond acceptors (Lipinski definition) is 3. The summed E-state index contributed by atoms with van der Waals surface area (Å²) in [5, 5.41) is 6.86. The van der Waals surface area contributed by atoms with Crippen molar-refractivity contribution in [3.63, 3.8) is 0 Å². The van der Waals surface area contributed by atoms with E-state index in [1.807, 2.05) is 0 Å². The van der Waals surface area contributed by atoms with Gasteiger partial charge in [-0.25, -0.2) is 0 Å². The predicted octanol–water partition coefficient (Wildman–Crippen LogP) is 2.52. The van der Waals surface area contributed by atoms with Gasteiger partial charge in [0.05, 0.1) is 12.7 Å². The standard InChI is InChI=1S/C15H24N2O/c1-11(2)13-5-4-12(3)15(8-13)17-10-14-9-16-6-7-18-14/h4-5,8,11,14,16-17H,6-7,9-10H2,1-3H3. The molecule has 1 aromatic carbocycles. The summed E-state index contributed by atoms with van der Waals surface area (Å²) < 4.78 is 5.69. The first-order valence-corrected chi connectivity index (χ1v) is 6.83. The molecule has 3 nitrogen and oxygen atoms in total. The highest BCUT2D eigenvalue weighted by Gasteiger charge is 2.13. The minimum absolute atomic E-state index is 0.279. The van der Waals surface area contributed by atoms with Crippen molar-refractivity contribution in [3.05, 3.63) is 29.3 Å². The van der Waals surface area contributed by atoms with Crippen molar-refractivity contribution in [1.29, 1.82) is 0 Å². The Kier molecular flexibility index (Phi) is 4.61. The number of morpholine rings is 1. The molecule has 0 bridgehead atoms. The molecular weight excluding hydrogens is 224 g/mol. The molecule has 0 aromatic heterocycles. The second kappa shape index (κ2) is 6.21. The van der Waals surface area contributed by atoms with Gasteiger partial charge >= 0.3 is 0 Å². The average molecular weight is 248 g/mol. The Balaban J connectivity index is 1.97. The molecule has 0 saturated carbocycles. The SMILES string of the molecule is Cc1ccc(C(C)C)cc1NCC1CNCCO1. The maximum Gasteiger partial charge on any atom is 0.0872 e. The number of nitrogens with one attached hydrogen (secondary N) is 2. The average Bonchev–Trinajstić information content (AvgIpc) is 2.38. The van der Waals surface area contributed by atoms with E-state index in [4.69, 9.17) is 4.74 Å². The molecule has 1 saturated heterocycles. The lowest BCUT2D eigenvalue weighted by Gasteiger charge is -2.24. The molecule has 1 heterocycles. The minimum atomic E-state index is 0.279. The summed E-state index contributed by atoms with van der Waals surface area (Å²) in [6.45, 7) is 10.2. The monoisotopic (exact) mass is 248 g/mol. The van der Waals surface area contributed by atoms with Crippen LogP contribution in [-0.4, -0.2) is 32.3 Å². The van der Waals surface area contributed by atoms with Gasteiger partial charge in [-0.15, -0.1) is 0 Å². The largest absolute Gasteiger partial charge is 0.382 e. The van der Waals surface area contributed by atoms with Crippen LogP contribution >= 0.6 is 0 Å². The molecule has 0 aliphatic carbocycles. The van der Waals surface area contributed by atoms with Crippen molar-refractivity contribution in [2.45, 2.75) is 32.8 Å². The summed E-state index contributed by atoms with van der Waals surface area (Å²) in [4.78, 5) is 0. The Morgan fingerprint density at radius 1 is 1.44 bits per heavy atom. The quantitative estimate of drug-likeness (QED) is 0.859. The Morgan fingerprint density at radius 2 is 2.28 bits per heavy atom. The number of aryl methyl sites for hydroxylation is 1. The van der Waals surface area contributed by atoms with E-state index in [9.17, 15) is 0 Å². The van der Waals surface area contributed by atoms with Gasteiger partial charge in [-0.1, -0.05) is 26.0 Å². The molecule has 1 atom stereocenters. The molecular formula is C15H24N2O. The lowest BCUT2D eigenvalue weighted by atomic mass is 10.0. The fourth-order valence-electron chi connectivity index (χ4n) is 2.16. The van der Waals surface area contributed by atoms with Gasteiger partial charge in [0.2, 0.25) is 0 Å². The fraction of sp³-hybridized carbons (Fsp3) is 0.600. The predicted molar refractivity (Wildman–Crippen MR) is 76.4 cm³/mol. The highest BCUT2D eigenvalue weighted by Crippen LogP contribution is 2.22. The first-order chi connectivity index (χ1) is 8.66. The number of hydrogen-bond donors (Lipinski definition) is 2. The van der Waals surface area contributed by atoms with Crippen molar-refractivity contribution in [2.24, 2.45) is 0 Å². The molecule has 18 heavy (non-hydrogen) atoms. The Hall–Kier alpha value is -1.06. The van der Waals surface area contributed by atoms with Crippen LogP contribution in [0.2, 0.25) is 0 Å². The van der Waals surface area contributed by atoms with Gasteiger partial charge in [0.25, 0.3) is 0 Å². The van der Waals surface area contributed by atoms with Crippen LogP contribution in [-0.2, 0) is 4.74 Å². The third-order valence-electron chi connectivity index (χ3n) is 3.45. The molecule has 0 radical (unpaired) electrons. The normalized spacial score (nSPS) is 20.1. The second-order valence-corrected chi connectivity index (χ2v) is 5.31. The zero-order valence-electron chi connectivity index (χ0n) is 11.6. The van der Waals surface area contributed by atoms with E-state index in [0.29, 0.717) is 5.92 Å². The molecule has 100 valence electrons. The van der Waals surface area contributed by atoms with Gasteiger partial charge in [-0.2, -0.15) is 0 Å². The highest BCUT2D eigenvalue weighted by molar-refractivity contribution is 5.53. The maximum atomic E-state index is 5.69. The van der Waals surface area contributed by atoms with E-state index in [1.165, 1.54) is 16.8 Å². The number of benzene rings is 1. The van der Waals surface area contributed by atoms with E-state index in [-0.39, 0.29) is 6.10 Å². The molecule has 0 amide bonds. The van der Waals surface area contributed by atoms with E-state index in [1.54, 1.807) is 0 Å². The molecule has 1 fully saturated rings. The summed E-state index contributed by atoms with van der Waals surface area (Å²) in [6, 6.07) is 6.66. The fourth-order valence-corrected chi connectivity index (χ4v) is 2.16. The number of rotatable bonds is 4. The Labute approximate surface area is 110 Å². The van der Waals surface area contributed by atoms with Gasteiger partial charge in [0.15, 0.2) is 0 Å². The van der Waals surface area contributed by atoms with Crippen LogP contribution < -0.4 is 10.6 Å². The van der Waals surface area contributed by atoms with E-state index in [2.05, 4.69) is 49.6 Å². The van der Waals surface area contributed by atoms with E-state index in [0.717, 1.165) is 26.2 Å². The van der Waals surface area contributed by atoms with Crippen LogP contribution in [0.25, 0.3) is 0 Å². The van der Waals surface area contributed by atoms with Crippen molar-refractivity contribution in [2.75, 3.05) is 31.6 Å². The zero-order valence-corrected chi connectivity index (χ0v) is 11.6. The van der Waals surface area contributed by atoms with Gasteiger partial charge in [-0.3, -0.25) is 0 Å². The molecule has 0 spiro atoms. The third kappa shape index (κ3) is 3.47. The second-order valence-electron chi connectivity index (χ2n) is 5.31. The van der Waals surface area contributed by atoms with Crippen molar-refractivity contribution in [1.82, 2.24) is 5.32 Å².